The molecule has 136 valence electrons. The molecule has 0 atom stereocenters. The van der Waals surface area contributed by atoms with Gasteiger partial charge in [0.25, 0.3) is 5.91 Å². The van der Waals surface area contributed by atoms with Gasteiger partial charge in [-0.05, 0) is 29.8 Å². The Morgan fingerprint density at radius 1 is 0.885 bits per heavy atom. The third kappa shape index (κ3) is 4.71. The van der Waals surface area contributed by atoms with Gasteiger partial charge in [-0.15, -0.1) is 0 Å². The monoisotopic (exact) mass is 361 g/mol. The molecule has 9 nitrogen and oxygen atoms in total. The molecule has 0 spiro atoms. The highest BCUT2D eigenvalue weighted by atomic mass is 16.5. The summed E-state index contributed by atoms with van der Waals surface area (Å²) in [4.78, 5) is 33.4. The lowest BCUT2D eigenvalue weighted by atomic mass is 10.1. The van der Waals surface area contributed by atoms with Gasteiger partial charge in [0, 0.05) is 0 Å². The fraction of sp³-hybridized carbons (Fsp3) is 0.118. The Morgan fingerprint density at radius 2 is 1.50 bits per heavy atom. The molecule has 0 aliphatic carbocycles. The minimum Gasteiger partial charge on any atom is -0.488 e. The van der Waals surface area contributed by atoms with Crippen LogP contribution in [0.25, 0.3) is 0 Å². The first-order valence-corrected chi connectivity index (χ1v) is 7.29. The Bertz CT molecular complexity index is 816. The number of aromatic carboxylic acids is 2. The molecule has 0 heterocycles. The van der Waals surface area contributed by atoms with Crippen molar-refractivity contribution in [1.29, 1.82) is 0 Å². The van der Waals surface area contributed by atoms with E-state index in [4.69, 9.17) is 19.8 Å². The van der Waals surface area contributed by atoms with Gasteiger partial charge in [0.2, 0.25) is 0 Å². The summed E-state index contributed by atoms with van der Waals surface area (Å²) >= 11 is 0. The van der Waals surface area contributed by atoms with E-state index in [9.17, 15) is 19.5 Å². The van der Waals surface area contributed by atoms with E-state index in [1.54, 1.807) is 12.1 Å². The zero-order valence-electron chi connectivity index (χ0n) is 13.3. The van der Waals surface area contributed by atoms with Gasteiger partial charge in [-0.3, -0.25) is 10.0 Å². The maximum Gasteiger partial charge on any atom is 0.343 e. The first-order valence-electron chi connectivity index (χ1n) is 7.29. The molecular weight excluding hydrogens is 346 g/mol. The van der Waals surface area contributed by atoms with Crippen molar-refractivity contribution in [2.75, 3.05) is 6.61 Å². The lowest BCUT2D eigenvalue weighted by Gasteiger charge is -2.13. The van der Waals surface area contributed by atoms with Gasteiger partial charge in [-0.25, -0.2) is 15.1 Å². The van der Waals surface area contributed by atoms with Gasteiger partial charge in [0.15, 0.2) is 6.61 Å². The van der Waals surface area contributed by atoms with E-state index in [2.05, 4.69) is 0 Å². The Labute approximate surface area is 147 Å². The minimum absolute atomic E-state index is 0.000752. The van der Waals surface area contributed by atoms with Crippen molar-refractivity contribution in [2.45, 2.75) is 6.61 Å². The highest BCUT2D eigenvalue weighted by molar-refractivity contribution is 5.94. The van der Waals surface area contributed by atoms with E-state index >= 15 is 0 Å². The molecule has 0 saturated heterocycles. The molecule has 0 saturated carbocycles. The topological polar surface area (TPSA) is 142 Å². The van der Waals surface area contributed by atoms with Crippen molar-refractivity contribution in [1.82, 2.24) is 5.48 Å². The van der Waals surface area contributed by atoms with Gasteiger partial charge in [-0.2, -0.15) is 0 Å². The number of ether oxygens (including phenoxy) is 2. The van der Waals surface area contributed by atoms with Crippen molar-refractivity contribution >= 4 is 17.8 Å². The van der Waals surface area contributed by atoms with E-state index in [0.717, 1.165) is 0 Å². The van der Waals surface area contributed by atoms with Gasteiger partial charge < -0.3 is 19.7 Å². The molecule has 0 fully saturated rings. The second-order valence-electron chi connectivity index (χ2n) is 5.05. The molecule has 0 aliphatic rings. The summed E-state index contributed by atoms with van der Waals surface area (Å²) in [6, 6.07) is 10.2. The van der Waals surface area contributed by atoms with Crippen molar-refractivity contribution in [3.8, 4) is 11.5 Å². The first kappa shape index (κ1) is 18.7. The van der Waals surface area contributed by atoms with Crippen LogP contribution >= 0.6 is 0 Å². The highest BCUT2D eigenvalue weighted by Crippen LogP contribution is 2.29. The summed E-state index contributed by atoms with van der Waals surface area (Å²) in [6.45, 7) is -0.572. The van der Waals surface area contributed by atoms with Crippen LogP contribution in [-0.2, 0) is 11.4 Å². The molecule has 2 aromatic rings. The normalized spacial score (nSPS) is 10.0. The average Bonchev–Trinajstić information content (AvgIpc) is 2.64. The van der Waals surface area contributed by atoms with Crippen LogP contribution in [-0.4, -0.2) is 39.9 Å². The Balaban J connectivity index is 2.16. The third-order valence-electron chi connectivity index (χ3n) is 3.28. The Hall–Kier alpha value is -3.59. The number of carbonyl (C=O) groups excluding carboxylic acids is 1. The number of hydroxylamine groups is 1. The Kier molecular flexibility index (Phi) is 6.12. The van der Waals surface area contributed by atoms with Crippen LogP contribution in [0.3, 0.4) is 0 Å². The molecule has 0 aliphatic heterocycles. The van der Waals surface area contributed by atoms with Gasteiger partial charge in [0.05, 0.1) is 5.56 Å². The summed E-state index contributed by atoms with van der Waals surface area (Å²) in [5.74, 6) is -3.30. The second-order valence-corrected chi connectivity index (χ2v) is 5.05. The lowest BCUT2D eigenvalue weighted by molar-refractivity contribution is -0.131. The molecule has 2 aromatic carbocycles. The molecule has 9 heteroatoms. The zero-order chi connectivity index (χ0) is 19.1. The number of carbonyl (C=O) groups is 3. The molecule has 1 amide bonds. The molecule has 2 rings (SSSR count). The maximum atomic E-state index is 11.5. The predicted molar refractivity (Wildman–Crippen MR) is 86.6 cm³/mol. The summed E-state index contributed by atoms with van der Waals surface area (Å²) in [5.41, 5.74) is 1.85. The third-order valence-corrected chi connectivity index (χ3v) is 3.28. The molecule has 0 aromatic heterocycles. The standard InChI is InChI=1S/C17H15NO8/c19-14(18-24)9-26-13-3-1-2-12(15(13)17(22)23)25-8-10-4-6-11(7-5-10)16(20)21/h1-7,24H,8-9H2,(H,18,19)(H,20,21)(H,22,23). The van der Waals surface area contributed by atoms with Crippen LogP contribution in [0.15, 0.2) is 42.5 Å². The van der Waals surface area contributed by atoms with Crippen LogP contribution in [0.4, 0.5) is 0 Å². The maximum absolute atomic E-state index is 11.5. The smallest absolute Gasteiger partial charge is 0.343 e. The Morgan fingerprint density at radius 3 is 2.04 bits per heavy atom. The van der Waals surface area contributed by atoms with Gasteiger partial charge in [-0.1, -0.05) is 18.2 Å². The molecule has 0 bridgehead atoms. The fourth-order valence-electron chi connectivity index (χ4n) is 2.04. The summed E-state index contributed by atoms with van der Waals surface area (Å²) < 4.78 is 10.6. The summed E-state index contributed by atoms with van der Waals surface area (Å²) in [5, 5.41) is 26.7. The van der Waals surface area contributed by atoms with Crippen LogP contribution in [0.2, 0.25) is 0 Å². The number of benzene rings is 2. The van der Waals surface area contributed by atoms with Crippen LogP contribution in [0.1, 0.15) is 26.3 Å². The fourth-order valence-corrected chi connectivity index (χ4v) is 2.04. The highest BCUT2D eigenvalue weighted by Gasteiger charge is 2.19. The summed E-state index contributed by atoms with van der Waals surface area (Å²) in [6.07, 6.45) is 0. The van der Waals surface area contributed by atoms with Gasteiger partial charge >= 0.3 is 11.9 Å². The molecule has 0 unspecified atom stereocenters. The lowest BCUT2D eigenvalue weighted by Crippen LogP contribution is -2.25. The van der Waals surface area contributed by atoms with Crippen LogP contribution < -0.4 is 15.0 Å². The minimum atomic E-state index is -1.32. The van der Waals surface area contributed by atoms with E-state index < -0.39 is 24.5 Å². The SMILES string of the molecule is O=C(COc1cccc(OCc2ccc(C(=O)O)cc2)c1C(=O)O)NO. The van der Waals surface area contributed by atoms with E-state index in [0.29, 0.717) is 5.56 Å². The largest absolute Gasteiger partial charge is 0.488 e. The van der Waals surface area contributed by atoms with Crippen LogP contribution in [0.5, 0.6) is 11.5 Å². The first-order chi connectivity index (χ1) is 12.4. The number of nitrogens with one attached hydrogen (secondary N) is 1. The average molecular weight is 361 g/mol. The quantitative estimate of drug-likeness (QED) is 0.410. The number of rotatable bonds is 8. The molecule has 26 heavy (non-hydrogen) atoms. The molecule has 4 N–H and O–H groups in total. The van der Waals surface area contributed by atoms with Gasteiger partial charge in [0.1, 0.15) is 23.7 Å². The second kappa shape index (κ2) is 8.49. The van der Waals surface area contributed by atoms with Crippen molar-refractivity contribution in [2.24, 2.45) is 0 Å². The predicted octanol–water partition coefficient (Wildman–Crippen LogP) is 1.55. The van der Waals surface area contributed by atoms with Crippen LogP contribution in [0, 0.1) is 0 Å². The number of carboxylic acid groups (broad SMARTS) is 2. The number of amides is 1. The zero-order valence-corrected chi connectivity index (χ0v) is 13.3. The number of hydrogen-bond acceptors (Lipinski definition) is 6. The van der Waals surface area contributed by atoms with Crippen molar-refractivity contribution in [3.05, 3.63) is 59.2 Å². The van der Waals surface area contributed by atoms with E-state index in [1.807, 2.05) is 0 Å². The van der Waals surface area contributed by atoms with E-state index in [-0.39, 0.29) is 29.2 Å². The van der Waals surface area contributed by atoms with Crippen molar-refractivity contribution in [3.63, 3.8) is 0 Å². The van der Waals surface area contributed by atoms with E-state index in [1.165, 1.54) is 35.8 Å². The molecular formula is C17H15NO8. The number of carboxylic acids is 2. The summed E-state index contributed by atoms with van der Waals surface area (Å²) in [7, 11) is 0. The van der Waals surface area contributed by atoms with Crippen molar-refractivity contribution < 1.29 is 39.3 Å². The number of hydrogen-bond donors (Lipinski definition) is 4. The molecule has 0 radical (unpaired) electrons.